The van der Waals surface area contributed by atoms with E-state index in [-0.39, 0.29) is 6.61 Å². The Morgan fingerprint density at radius 3 is 2.97 bits per heavy atom. The van der Waals surface area contributed by atoms with Crippen molar-refractivity contribution in [2.45, 2.75) is 6.42 Å². The lowest BCUT2D eigenvalue weighted by Crippen LogP contribution is -2.17. The molecular formula is C22H16ClFN4O3. The second kappa shape index (κ2) is 7.55. The van der Waals surface area contributed by atoms with Crippen molar-refractivity contribution in [2.75, 3.05) is 19.0 Å². The van der Waals surface area contributed by atoms with Gasteiger partial charge in [0, 0.05) is 23.9 Å². The Morgan fingerprint density at radius 1 is 1.26 bits per heavy atom. The van der Waals surface area contributed by atoms with Gasteiger partial charge in [-0.2, -0.15) is 4.39 Å². The molecule has 0 atom stereocenters. The van der Waals surface area contributed by atoms with E-state index >= 15 is 0 Å². The van der Waals surface area contributed by atoms with Gasteiger partial charge in [0.2, 0.25) is 5.95 Å². The minimum Gasteiger partial charge on any atom is -0.493 e. The first kappa shape index (κ1) is 19.3. The number of aromatic amines is 1. The molecule has 0 radical (unpaired) electrons. The van der Waals surface area contributed by atoms with Crippen LogP contribution in [0.3, 0.4) is 0 Å². The molecule has 0 saturated heterocycles. The lowest BCUT2D eigenvalue weighted by atomic mass is 10.1. The Bertz CT molecular complexity index is 1340. The normalized spacial score (nSPS) is 13.1. The summed E-state index contributed by atoms with van der Waals surface area (Å²) in [5.74, 6) is -0.647. The van der Waals surface area contributed by atoms with Gasteiger partial charge in [-0.05, 0) is 30.3 Å². The van der Waals surface area contributed by atoms with E-state index in [2.05, 4.69) is 20.3 Å². The van der Waals surface area contributed by atoms with Crippen LogP contribution in [-0.2, 0) is 11.2 Å². The summed E-state index contributed by atoms with van der Waals surface area (Å²) in [6, 6.07) is 9.79. The number of benzene rings is 1. The SMILES string of the molecule is COc1c(Cl)cccc1Nc1c(-c2ccnc3ccc(F)nc23)[nH]c2c1C(=O)OCC2. The number of ether oxygens (including phenoxy) is 2. The van der Waals surface area contributed by atoms with E-state index in [0.717, 1.165) is 5.69 Å². The first-order valence-electron chi connectivity index (χ1n) is 9.50. The number of pyridine rings is 2. The first-order chi connectivity index (χ1) is 15.1. The van der Waals surface area contributed by atoms with Crippen LogP contribution in [0.4, 0.5) is 15.8 Å². The van der Waals surface area contributed by atoms with Gasteiger partial charge in [-0.15, -0.1) is 0 Å². The summed E-state index contributed by atoms with van der Waals surface area (Å²) >= 11 is 6.27. The van der Waals surface area contributed by atoms with Gasteiger partial charge in [-0.25, -0.2) is 9.78 Å². The second-order valence-corrected chi connectivity index (χ2v) is 7.33. The quantitative estimate of drug-likeness (QED) is 0.348. The summed E-state index contributed by atoms with van der Waals surface area (Å²) in [4.78, 5) is 24.3. The number of carbonyl (C=O) groups is 1. The molecule has 7 nitrogen and oxygen atoms in total. The molecule has 3 aromatic heterocycles. The van der Waals surface area contributed by atoms with E-state index < -0.39 is 11.9 Å². The predicted octanol–water partition coefficient (Wildman–Crippen LogP) is 4.88. The minimum absolute atomic E-state index is 0.273. The Hall–Kier alpha value is -3.65. The highest BCUT2D eigenvalue weighted by atomic mass is 35.5. The van der Waals surface area contributed by atoms with E-state index in [1.165, 1.54) is 13.2 Å². The molecule has 0 saturated carbocycles. The van der Waals surface area contributed by atoms with Gasteiger partial charge < -0.3 is 19.8 Å². The summed E-state index contributed by atoms with van der Waals surface area (Å²) in [5.41, 5.74) is 4.19. The number of nitrogens with one attached hydrogen (secondary N) is 2. The molecule has 0 aliphatic carbocycles. The van der Waals surface area contributed by atoms with Crippen LogP contribution in [0.25, 0.3) is 22.3 Å². The summed E-state index contributed by atoms with van der Waals surface area (Å²) in [6.07, 6.45) is 2.13. The van der Waals surface area contributed by atoms with E-state index in [4.69, 9.17) is 21.1 Å². The van der Waals surface area contributed by atoms with E-state index in [1.807, 2.05) is 0 Å². The van der Waals surface area contributed by atoms with Crippen LogP contribution in [-0.4, -0.2) is 34.6 Å². The number of anilines is 2. The number of hydrogen-bond donors (Lipinski definition) is 2. The van der Waals surface area contributed by atoms with Gasteiger partial charge >= 0.3 is 5.97 Å². The number of hydrogen-bond acceptors (Lipinski definition) is 6. The van der Waals surface area contributed by atoms with Crippen LogP contribution in [0.2, 0.25) is 5.02 Å². The fraction of sp³-hybridized carbons (Fsp3) is 0.136. The van der Waals surface area contributed by atoms with E-state index in [0.29, 0.717) is 56.4 Å². The van der Waals surface area contributed by atoms with Gasteiger partial charge in [0.05, 0.1) is 41.3 Å². The zero-order valence-corrected chi connectivity index (χ0v) is 17.1. The second-order valence-electron chi connectivity index (χ2n) is 6.92. The summed E-state index contributed by atoms with van der Waals surface area (Å²) in [7, 11) is 1.51. The molecule has 156 valence electrons. The van der Waals surface area contributed by atoms with Crippen LogP contribution in [0.1, 0.15) is 16.1 Å². The van der Waals surface area contributed by atoms with Gasteiger partial charge in [0.15, 0.2) is 5.75 Å². The van der Waals surface area contributed by atoms with Crippen molar-refractivity contribution in [1.29, 1.82) is 0 Å². The monoisotopic (exact) mass is 438 g/mol. The topological polar surface area (TPSA) is 89.1 Å². The molecule has 1 aliphatic heterocycles. The maximum Gasteiger partial charge on any atom is 0.342 e. The van der Waals surface area contributed by atoms with Crippen molar-refractivity contribution in [2.24, 2.45) is 0 Å². The number of aromatic nitrogens is 3. The third-order valence-electron chi connectivity index (χ3n) is 5.12. The van der Waals surface area contributed by atoms with Gasteiger partial charge in [0.25, 0.3) is 0 Å². The molecule has 4 heterocycles. The maximum absolute atomic E-state index is 13.9. The van der Waals surface area contributed by atoms with Crippen LogP contribution in [0.5, 0.6) is 5.75 Å². The number of methoxy groups -OCH3 is 1. The number of cyclic esters (lactones) is 1. The number of esters is 1. The Morgan fingerprint density at radius 2 is 2.13 bits per heavy atom. The lowest BCUT2D eigenvalue weighted by Gasteiger charge is -2.16. The van der Waals surface area contributed by atoms with Crippen molar-refractivity contribution in [1.82, 2.24) is 15.0 Å². The first-order valence-corrected chi connectivity index (χ1v) is 9.87. The molecule has 1 aromatic carbocycles. The van der Waals surface area contributed by atoms with Crippen LogP contribution >= 0.6 is 11.6 Å². The average Bonchev–Trinajstić information content (AvgIpc) is 3.13. The van der Waals surface area contributed by atoms with Crippen molar-refractivity contribution in [3.05, 3.63) is 64.8 Å². The molecule has 0 bridgehead atoms. The van der Waals surface area contributed by atoms with Gasteiger partial charge in [-0.3, -0.25) is 4.98 Å². The molecule has 5 rings (SSSR count). The Kier molecular flexibility index (Phi) is 4.71. The predicted molar refractivity (Wildman–Crippen MR) is 115 cm³/mol. The van der Waals surface area contributed by atoms with Crippen molar-refractivity contribution in [3.63, 3.8) is 0 Å². The molecule has 0 unspecified atom stereocenters. The van der Waals surface area contributed by atoms with Gasteiger partial charge in [-0.1, -0.05) is 17.7 Å². The molecule has 0 amide bonds. The minimum atomic E-state index is -0.622. The molecule has 4 aromatic rings. The number of fused-ring (bicyclic) bond motifs is 2. The number of nitrogens with zero attached hydrogens (tertiary/aromatic N) is 2. The Balaban J connectivity index is 1.76. The number of carbonyl (C=O) groups excluding carboxylic acids is 1. The van der Waals surface area contributed by atoms with Crippen LogP contribution < -0.4 is 10.1 Å². The zero-order chi connectivity index (χ0) is 21.5. The molecule has 0 spiro atoms. The molecule has 31 heavy (non-hydrogen) atoms. The summed E-state index contributed by atoms with van der Waals surface area (Å²) < 4.78 is 24.7. The maximum atomic E-state index is 13.9. The standard InChI is InChI=1S/C22H16ClFN4O3/c1-30-21-12(23)3-2-4-15(21)27-20-17-13(8-10-31-22(17)29)26-19(20)11-7-9-25-14-5-6-16(24)28-18(11)14/h2-7,9,26-27H,8,10H2,1H3. The molecular weight excluding hydrogens is 423 g/mol. The van der Waals surface area contributed by atoms with Crippen LogP contribution in [0, 0.1) is 5.95 Å². The summed E-state index contributed by atoms with van der Waals surface area (Å²) in [5, 5.41) is 3.68. The summed E-state index contributed by atoms with van der Waals surface area (Å²) in [6.45, 7) is 0.273. The number of halogens is 2. The average molecular weight is 439 g/mol. The van der Waals surface area contributed by atoms with Crippen LogP contribution in [0.15, 0.2) is 42.6 Å². The fourth-order valence-corrected chi connectivity index (χ4v) is 4.01. The van der Waals surface area contributed by atoms with E-state index in [1.54, 1.807) is 36.5 Å². The fourth-order valence-electron chi connectivity index (χ4n) is 3.76. The number of rotatable bonds is 4. The van der Waals surface area contributed by atoms with Crippen molar-refractivity contribution < 1.29 is 18.7 Å². The van der Waals surface area contributed by atoms with Crippen molar-refractivity contribution >= 4 is 40.0 Å². The zero-order valence-electron chi connectivity index (χ0n) is 16.3. The third kappa shape index (κ3) is 3.25. The highest BCUT2D eigenvalue weighted by Crippen LogP contribution is 2.42. The lowest BCUT2D eigenvalue weighted by molar-refractivity contribution is 0.0480. The van der Waals surface area contributed by atoms with Crippen molar-refractivity contribution in [3.8, 4) is 17.0 Å². The smallest absolute Gasteiger partial charge is 0.342 e. The largest absolute Gasteiger partial charge is 0.493 e. The molecule has 1 aliphatic rings. The Labute approximate surface area is 181 Å². The number of para-hydroxylation sites is 1. The molecule has 9 heteroatoms. The highest BCUT2D eigenvalue weighted by molar-refractivity contribution is 6.32. The highest BCUT2D eigenvalue weighted by Gasteiger charge is 2.30. The molecule has 0 fully saturated rings. The van der Waals surface area contributed by atoms with Gasteiger partial charge in [0.1, 0.15) is 11.1 Å². The third-order valence-corrected chi connectivity index (χ3v) is 5.41. The van der Waals surface area contributed by atoms with E-state index in [9.17, 15) is 9.18 Å². The number of H-pyrrole nitrogens is 1. The molecule has 2 N–H and O–H groups in total.